The van der Waals surface area contributed by atoms with Gasteiger partial charge in [0.2, 0.25) is 0 Å². The number of aryl methyl sites for hydroxylation is 1. The van der Waals surface area contributed by atoms with E-state index in [0.717, 1.165) is 50.5 Å². The summed E-state index contributed by atoms with van der Waals surface area (Å²) in [5.74, 6) is 0.683. The number of rotatable bonds is 7. The maximum Gasteiger partial charge on any atom is 0.257 e. The van der Waals surface area contributed by atoms with Gasteiger partial charge in [-0.2, -0.15) is 0 Å². The van der Waals surface area contributed by atoms with Crippen LogP contribution in [0.3, 0.4) is 0 Å². The van der Waals surface area contributed by atoms with Gasteiger partial charge in [0.05, 0.1) is 0 Å². The fourth-order valence-electron chi connectivity index (χ4n) is 2.37. The molecule has 0 aromatic heterocycles. The average molecular weight is 291 g/mol. The molecule has 1 amide bonds. The highest BCUT2D eigenvalue weighted by Gasteiger charge is 2.08. The molecule has 116 valence electrons. The van der Waals surface area contributed by atoms with Crippen molar-refractivity contribution in [2.75, 3.05) is 45.9 Å². The Bertz CT molecular complexity index is 445. The summed E-state index contributed by atoms with van der Waals surface area (Å²) in [6.07, 6.45) is 0.982. The Morgan fingerprint density at radius 2 is 2.19 bits per heavy atom. The van der Waals surface area contributed by atoms with Gasteiger partial charge in [0, 0.05) is 32.7 Å². The molecule has 2 N–H and O–H groups in total. The summed E-state index contributed by atoms with van der Waals surface area (Å²) in [4.78, 5) is 14.1. The Morgan fingerprint density at radius 3 is 2.95 bits per heavy atom. The molecule has 1 heterocycles. The Balaban J connectivity index is 1.55. The molecule has 2 rings (SSSR count). The second-order valence-electron chi connectivity index (χ2n) is 5.40. The zero-order valence-corrected chi connectivity index (χ0v) is 12.7. The predicted octanol–water partition coefficient (Wildman–Crippen LogP) is 0.785. The minimum Gasteiger partial charge on any atom is -0.484 e. The minimum atomic E-state index is -0.0585. The third-order valence-electron chi connectivity index (χ3n) is 3.54. The second kappa shape index (κ2) is 8.64. The molecule has 5 nitrogen and oxygen atoms in total. The van der Waals surface area contributed by atoms with E-state index in [2.05, 4.69) is 15.5 Å². The molecule has 1 aromatic rings. The molecule has 5 heteroatoms. The molecule has 0 unspecified atom stereocenters. The highest BCUT2D eigenvalue weighted by atomic mass is 16.5. The summed E-state index contributed by atoms with van der Waals surface area (Å²) < 4.78 is 5.46. The molecular weight excluding hydrogens is 266 g/mol. The maximum atomic E-state index is 11.7. The summed E-state index contributed by atoms with van der Waals surface area (Å²) >= 11 is 0. The van der Waals surface area contributed by atoms with Crippen LogP contribution in [0.25, 0.3) is 0 Å². The highest BCUT2D eigenvalue weighted by Crippen LogP contribution is 2.11. The van der Waals surface area contributed by atoms with E-state index < -0.39 is 0 Å². The number of carbonyl (C=O) groups is 1. The third kappa shape index (κ3) is 6.14. The number of nitrogens with zero attached hydrogens (tertiary/aromatic N) is 1. The van der Waals surface area contributed by atoms with Gasteiger partial charge in [0.15, 0.2) is 6.61 Å². The molecule has 1 aliphatic rings. The van der Waals surface area contributed by atoms with Gasteiger partial charge in [0.1, 0.15) is 5.75 Å². The second-order valence-corrected chi connectivity index (χ2v) is 5.40. The number of amides is 1. The number of ether oxygens (including phenoxy) is 1. The van der Waals surface area contributed by atoms with E-state index in [-0.39, 0.29) is 12.5 Å². The summed E-state index contributed by atoms with van der Waals surface area (Å²) in [7, 11) is 0. The minimum absolute atomic E-state index is 0.0585. The highest BCUT2D eigenvalue weighted by molar-refractivity contribution is 5.77. The van der Waals surface area contributed by atoms with Crippen molar-refractivity contribution in [2.24, 2.45) is 0 Å². The zero-order chi connectivity index (χ0) is 14.9. The molecule has 1 saturated heterocycles. The van der Waals surface area contributed by atoms with E-state index in [1.807, 2.05) is 31.2 Å². The standard InChI is InChI=1S/C16H25N3O2/c1-14-4-2-5-15(12-14)21-13-16(20)18-6-3-9-19-10-7-17-8-11-19/h2,4-5,12,17H,3,6-11,13H2,1H3,(H,18,20). The fraction of sp³-hybridized carbons (Fsp3) is 0.562. The van der Waals surface area contributed by atoms with Crippen LogP contribution in [0.1, 0.15) is 12.0 Å². The van der Waals surface area contributed by atoms with Crippen molar-refractivity contribution in [3.8, 4) is 5.75 Å². The van der Waals surface area contributed by atoms with Crippen LogP contribution in [0.5, 0.6) is 5.75 Å². The zero-order valence-electron chi connectivity index (χ0n) is 12.7. The Hall–Kier alpha value is -1.59. The lowest BCUT2D eigenvalue weighted by molar-refractivity contribution is -0.123. The van der Waals surface area contributed by atoms with Gasteiger partial charge >= 0.3 is 0 Å². The number of hydrogen-bond donors (Lipinski definition) is 2. The van der Waals surface area contributed by atoms with E-state index in [4.69, 9.17) is 4.74 Å². The Morgan fingerprint density at radius 1 is 1.38 bits per heavy atom. The smallest absolute Gasteiger partial charge is 0.257 e. The van der Waals surface area contributed by atoms with Crippen molar-refractivity contribution in [2.45, 2.75) is 13.3 Å². The molecule has 1 aromatic carbocycles. The van der Waals surface area contributed by atoms with Gasteiger partial charge in [-0.1, -0.05) is 12.1 Å². The van der Waals surface area contributed by atoms with Gasteiger partial charge in [0.25, 0.3) is 5.91 Å². The molecule has 1 aliphatic heterocycles. The fourth-order valence-corrected chi connectivity index (χ4v) is 2.37. The largest absolute Gasteiger partial charge is 0.484 e. The number of benzene rings is 1. The normalized spacial score (nSPS) is 15.7. The number of nitrogens with one attached hydrogen (secondary N) is 2. The molecule has 0 radical (unpaired) electrons. The predicted molar refractivity (Wildman–Crippen MR) is 83.6 cm³/mol. The molecule has 0 bridgehead atoms. The summed E-state index contributed by atoms with van der Waals surface area (Å²) in [5.41, 5.74) is 1.13. The van der Waals surface area contributed by atoms with E-state index >= 15 is 0 Å². The maximum absolute atomic E-state index is 11.7. The third-order valence-corrected chi connectivity index (χ3v) is 3.54. The van der Waals surface area contributed by atoms with Crippen LogP contribution in [0, 0.1) is 6.92 Å². The average Bonchev–Trinajstić information content (AvgIpc) is 2.51. The van der Waals surface area contributed by atoms with Crippen molar-refractivity contribution in [1.82, 2.24) is 15.5 Å². The van der Waals surface area contributed by atoms with Crippen molar-refractivity contribution in [3.63, 3.8) is 0 Å². The number of piperazine rings is 1. The lowest BCUT2D eigenvalue weighted by Crippen LogP contribution is -2.44. The van der Waals surface area contributed by atoms with Crippen LogP contribution in [0.15, 0.2) is 24.3 Å². The Labute approximate surface area is 126 Å². The first-order chi connectivity index (χ1) is 10.2. The van der Waals surface area contributed by atoms with E-state index in [9.17, 15) is 4.79 Å². The van der Waals surface area contributed by atoms with Crippen LogP contribution in [0.2, 0.25) is 0 Å². The van der Waals surface area contributed by atoms with Crippen molar-refractivity contribution < 1.29 is 9.53 Å². The first kappa shape index (κ1) is 15.8. The number of hydrogen-bond acceptors (Lipinski definition) is 4. The van der Waals surface area contributed by atoms with Gasteiger partial charge in [-0.3, -0.25) is 4.79 Å². The van der Waals surface area contributed by atoms with E-state index in [1.165, 1.54) is 0 Å². The molecular formula is C16H25N3O2. The van der Waals surface area contributed by atoms with Crippen LogP contribution < -0.4 is 15.4 Å². The van der Waals surface area contributed by atoms with Crippen LogP contribution >= 0.6 is 0 Å². The van der Waals surface area contributed by atoms with Crippen molar-refractivity contribution in [1.29, 1.82) is 0 Å². The summed E-state index contributed by atoms with van der Waals surface area (Å²) in [6.45, 7) is 8.17. The molecule has 21 heavy (non-hydrogen) atoms. The molecule has 1 fully saturated rings. The van der Waals surface area contributed by atoms with E-state index in [0.29, 0.717) is 6.54 Å². The molecule has 0 saturated carbocycles. The van der Waals surface area contributed by atoms with Gasteiger partial charge in [-0.05, 0) is 37.6 Å². The van der Waals surface area contributed by atoms with E-state index in [1.54, 1.807) is 0 Å². The lowest BCUT2D eigenvalue weighted by Gasteiger charge is -2.27. The summed E-state index contributed by atoms with van der Waals surface area (Å²) in [5, 5.41) is 6.23. The van der Waals surface area contributed by atoms with Crippen LogP contribution in [-0.2, 0) is 4.79 Å². The Kier molecular flexibility index (Phi) is 6.50. The first-order valence-electron chi connectivity index (χ1n) is 7.63. The van der Waals surface area contributed by atoms with Gasteiger partial charge in [-0.15, -0.1) is 0 Å². The topological polar surface area (TPSA) is 53.6 Å². The lowest BCUT2D eigenvalue weighted by atomic mass is 10.2. The van der Waals surface area contributed by atoms with Gasteiger partial charge < -0.3 is 20.3 Å². The SMILES string of the molecule is Cc1cccc(OCC(=O)NCCCN2CCNCC2)c1. The molecule has 0 atom stereocenters. The van der Waals surface area contributed by atoms with Crippen LogP contribution in [0.4, 0.5) is 0 Å². The quantitative estimate of drug-likeness (QED) is 0.729. The molecule has 0 spiro atoms. The first-order valence-corrected chi connectivity index (χ1v) is 7.63. The van der Waals surface area contributed by atoms with Crippen molar-refractivity contribution >= 4 is 5.91 Å². The van der Waals surface area contributed by atoms with Gasteiger partial charge in [-0.25, -0.2) is 0 Å². The van der Waals surface area contributed by atoms with Crippen molar-refractivity contribution in [3.05, 3.63) is 29.8 Å². The summed E-state index contributed by atoms with van der Waals surface area (Å²) in [6, 6.07) is 7.72. The molecule has 0 aliphatic carbocycles. The number of carbonyl (C=O) groups excluding carboxylic acids is 1. The van der Waals surface area contributed by atoms with Crippen LogP contribution in [-0.4, -0.2) is 56.7 Å². The monoisotopic (exact) mass is 291 g/mol.